The lowest BCUT2D eigenvalue weighted by molar-refractivity contribution is -0.113. The Balaban J connectivity index is 1.52. The van der Waals surface area contributed by atoms with E-state index in [1.54, 1.807) is 72.8 Å². The number of hydrogen-bond donors (Lipinski definition) is 2. The molecular formula is C28H27ClN2O5. The molecule has 3 aromatic carbocycles. The van der Waals surface area contributed by atoms with Crippen molar-refractivity contribution in [1.29, 1.82) is 0 Å². The number of fused-ring (bicyclic) bond motifs is 1. The van der Waals surface area contributed by atoms with Crippen LogP contribution in [0.25, 0.3) is 6.08 Å². The molecule has 0 atom stereocenters. The first-order valence-corrected chi connectivity index (χ1v) is 12.1. The van der Waals surface area contributed by atoms with Gasteiger partial charge in [0.15, 0.2) is 11.5 Å². The van der Waals surface area contributed by atoms with Crippen LogP contribution in [0.1, 0.15) is 42.1 Å². The number of unbranched alkanes of at least 4 members (excludes halogenated alkanes) is 2. The first kappa shape index (κ1) is 25.1. The van der Waals surface area contributed by atoms with Crippen LogP contribution in [-0.4, -0.2) is 25.2 Å². The number of ether oxygens (including phenoxy) is 3. The van der Waals surface area contributed by atoms with Crippen molar-refractivity contribution in [2.75, 3.05) is 18.7 Å². The predicted molar refractivity (Wildman–Crippen MR) is 140 cm³/mol. The summed E-state index contributed by atoms with van der Waals surface area (Å²) in [5, 5.41) is 5.80. The SMILES string of the molecule is CCCCCOc1ccc(NC(=O)/C(=C\c2ccc3c(c2)OCO3)NC(=O)c2ccccc2Cl)cc1. The van der Waals surface area contributed by atoms with Gasteiger partial charge in [0.2, 0.25) is 6.79 Å². The molecule has 186 valence electrons. The molecule has 0 spiro atoms. The van der Waals surface area contributed by atoms with Crippen LogP contribution in [0.5, 0.6) is 17.2 Å². The van der Waals surface area contributed by atoms with Gasteiger partial charge < -0.3 is 24.8 Å². The van der Waals surface area contributed by atoms with Gasteiger partial charge in [-0.15, -0.1) is 0 Å². The van der Waals surface area contributed by atoms with Gasteiger partial charge in [-0.25, -0.2) is 0 Å². The number of carbonyl (C=O) groups excluding carboxylic acids is 2. The van der Waals surface area contributed by atoms with E-state index in [1.165, 1.54) is 0 Å². The first-order valence-electron chi connectivity index (χ1n) is 11.7. The van der Waals surface area contributed by atoms with E-state index in [4.69, 9.17) is 25.8 Å². The van der Waals surface area contributed by atoms with Crippen molar-refractivity contribution in [3.05, 3.63) is 88.6 Å². The van der Waals surface area contributed by atoms with Crippen LogP contribution in [-0.2, 0) is 4.79 Å². The molecule has 1 aliphatic heterocycles. The summed E-state index contributed by atoms with van der Waals surface area (Å²) in [6.07, 6.45) is 4.81. The number of hydrogen-bond acceptors (Lipinski definition) is 5. The molecule has 0 aromatic heterocycles. The van der Waals surface area contributed by atoms with E-state index >= 15 is 0 Å². The highest BCUT2D eigenvalue weighted by molar-refractivity contribution is 6.34. The van der Waals surface area contributed by atoms with Crippen LogP contribution < -0.4 is 24.8 Å². The second-order valence-corrected chi connectivity index (χ2v) is 8.55. The summed E-state index contributed by atoms with van der Waals surface area (Å²) >= 11 is 6.18. The van der Waals surface area contributed by atoms with Crippen LogP contribution in [0.15, 0.2) is 72.4 Å². The Morgan fingerprint density at radius 2 is 1.78 bits per heavy atom. The molecule has 0 saturated heterocycles. The van der Waals surface area contributed by atoms with Crippen molar-refractivity contribution in [2.24, 2.45) is 0 Å². The Morgan fingerprint density at radius 3 is 2.56 bits per heavy atom. The summed E-state index contributed by atoms with van der Waals surface area (Å²) in [6, 6.07) is 19.0. The van der Waals surface area contributed by atoms with Crippen LogP contribution in [0, 0.1) is 0 Å². The maximum absolute atomic E-state index is 13.2. The number of benzene rings is 3. The van der Waals surface area contributed by atoms with E-state index in [0.717, 1.165) is 25.0 Å². The summed E-state index contributed by atoms with van der Waals surface area (Å²) in [5.74, 6) is 0.918. The van der Waals surface area contributed by atoms with Crippen molar-refractivity contribution in [1.82, 2.24) is 5.32 Å². The number of anilines is 1. The second-order valence-electron chi connectivity index (χ2n) is 8.14. The third kappa shape index (κ3) is 6.58. The average Bonchev–Trinajstić information content (AvgIpc) is 3.35. The summed E-state index contributed by atoms with van der Waals surface area (Å²) in [5.41, 5.74) is 1.51. The van der Waals surface area contributed by atoms with Gasteiger partial charge in [-0.2, -0.15) is 0 Å². The largest absolute Gasteiger partial charge is 0.494 e. The quantitative estimate of drug-likeness (QED) is 0.258. The molecule has 2 N–H and O–H groups in total. The Bertz CT molecular complexity index is 1260. The molecule has 0 saturated carbocycles. The van der Waals surface area contributed by atoms with Gasteiger partial charge in [-0.3, -0.25) is 9.59 Å². The van der Waals surface area contributed by atoms with Gasteiger partial charge in [0, 0.05) is 5.69 Å². The smallest absolute Gasteiger partial charge is 0.272 e. The topological polar surface area (TPSA) is 85.9 Å². The van der Waals surface area contributed by atoms with Gasteiger partial charge in [-0.1, -0.05) is 49.6 Å². The van der Waals surface area contributed by atoms with Crippen molar-refractivity contribution in [2.45, 2.75) is 26.2 Å². The minimum Gasteiger partial charge on any atom is -0.494 e. The molecule has 0 bridgehead atoms. The van der Waals surface area contributed by atoms with Crippen molar-refractivity contribution < 1.29 is 23.8 Å². The summed E-state index contributed by atoms with van der Waals surface area (Å²) in [4.78, 5) is 26.1. The average molecular weight is 507 g/mol. The fourth-order valence-corrected chi connectivity index (χ4v) is 3.76. The predicted octanol–water partition coefficient (Wildman–Crippen LogP) is 6.05. The molecule has 0 radical (unpaired) electrons. The lowest BCUT2D eigenvalue weighted by Gasteiger charge is -2.13. The Morgan fingerprint density at radius 1 is 1.00 bits per heavy atom. The standard InChI is InChI=1S/C28H27ClN2O5/c1-2-3-6-15-34-21-12-10-20(11-13-21)30-28(33)24(31-27(32)22-7-4-5-8-23(22)29)16-19-9-14-25-26(17-19)36-18-35-25/h4-5,7-14,16-17H,2-3,6,15,18H2,1H3,(H,30,33)(H,31,32)/b24-16+. The van der Waals surface area contributed by atoms with Gasteiger partial charge >= 0.3 is 0 Å². The first-order chi connectivity index (χ1) is 17.5. The maximum Gasteiger partial charge on any atom is 0.272 e. The zero-order chi connectivity index (χ0) is 25.3. The summed E-state index contributed by atoms with van der Waals surface area (Å²) < 4.78 is 16.5. The third-order valence-electron chi connectivity index (χ3n) is 5.45. The van der Waals surface area contributed by atoms with Crippen molar-refractivity contribution in [3.63, 3.8) is 0 Å². The third-order valence-corrected chi connectivity index (χ3v) is 5.78. The number of amides is 2. The molecule has 3 aromatic rings. The molecule has 0 unspecified atom stereocenters. The second kappa shape index (κ2) is 12.1. The number of rotatable bonds is 10. The summed E-state index contributed by atoms with van der Waals surface area (Å²) in [7, 11) is 0. The highest BCUT2D eigenvalue weighted by Crippen LogP contribution is 2.33. The van der Waals surface area contributed by atoms with Crippen molar-refractivity contribution >= 4 is 35.2 Å². The van der Waals surface area contributed by atoms with E-state index in [9.17, 15) is 9.59 Å². The van der Waals surface area contributed by atoms with Gasteiger partial charge in [0.05, 0.1) is 17.2 Å². The van der Waals surface area contributed by atoms with E-state index in [1.807, 2.05) is 0 Å². The Labute approximate surface area is 215 Å². The molecule has 0 fully saturated rings. The molecule has 1 aliphatic rings. The molecule has 4 rings (SSSR count). The van der Waals surface area contributed by atoms with Gasteiger partial charge in [-0.05, 0) is 66.6 Å². The van der Waals surface area contributed by atoms with Crippen LogP contribution in [0.2, 0.25) is 5.02 Å². The molecule has 1 heterocycles. The van der Waals surface area contributed by atoms with Gasteiger partial charge in [0.25, 0.3) is 11.8 Å². The molecule has 0 aliphatic carbocycles. The Kier molecular flexibility index (Phi) is 8.47. The highest BCUT2D eigenvalue weighted by Gasteiger charge is 2.18. The Hall–Kier alpha value is -3.97. The minimum absolute atomic E-state index is 0.0404. The van der Waals surface area contributed by atoms with E-state index in [2.05, 4.69) is 17.6 Å². The van der Waals surface area contributed by atoms with Crippen molar-refractivity contribution in [3.8, 4) is 17.2 Å². The van der Waals surface area contributed by atoms with E-state index in [-0.39, 0.29) is 23.1 Å². The van der Waals surface area contributed by atoms with Crippen LogP contribution >= 0.6 is 11.6 Å². The zero-order valence-corrected chi connectivity index (χ0v) is 20.6. The van der Waals surface area contributed by atoms with Crippen LogP contribution in [0.4, 0.5) is 5.69 Å². The maximum atomic E-state index is 13.2. The molecule has 7 nitrogen and oxygen atoms in total. The van der Waals surface area contributed by atoms with E-state index < -0.39 is 11.8 Å². The van der Waals surface area contributed by atoms with Crippen LogP contribution in [0.3, 0.4) is 0 Å². The normalized spacial score (nSPS) is 12.2. The number of carbonyl (C=O) groups is 2. The highest BCUT2D eigenvalue weighted by atomic mass is 35.5. The number of halogens is 1. The number of nitrogens with one attached hydrogen (secondary N) is 2. The lowest BCUT2D eigenvalue weighted by Crippen LogP contribution is -2.30. The monoisotopic (exact) mass is 506 g/mol. The fourth-order valence-electron chi connectivity index (χ4n) is 3.54. The molecule has 2 amide bonds. The molecule has 8 heteroatoms. The minimum atomic E-state index is -0.501. The fraction of sp³-hybridized carbons (Fsp3) is 0.214. The zero-order valence-electron chi connectivity index (χ0n) is 19.9. The molecule has 36 heavy (non-hydrogen) atoms. The summed E-state index contributed by atoms with van der Waals surface area (Å²) in [6.45, 7) is 2.93. The molecular weight excluding hydrogens is 480 g/mol. The van der Waals surface area contributed by atoms with Gasteiger partial charge in [0.1, 0.15) is 11.4 Å². The van der Waals surface area contributed by atoms with E-state index in [0.29, 0.717) is 29.4 Å². The lowest BCUT2D eigenvalue weighted by atomic mass is 10.1.